The Hall–Kier alpha value is -0.900. The summed E-state index contributed by atoms with van der Waals surface area (Å²) in [6.07, 6.45) is 8.45. The molecule has 4 bridgehead atoms. The van der Waals surface area contributed by atoms with Crippen LogP contribution in [0, 0.1) is 29.6 Å². The molecule has 0 saturated heterocycles. The SMILES string of the molecule is NC(c1ncon1)C1C2CC3CC(C2)CC1C3. The van der Waals surface area contributed by atoms with Crippen LogP contribution in [0.3, 0.4) is 0 Å². The third-order valence-corrected chi connectivity index (χ3v) is 5.39. The molecule has 0 aliphatic heterocycles. The van der Waals surface area contributed by atoms with Crippen molar-refractivity contribution < 1.29 is 4.52 Å². The quantitative estimate of drug-likeness (QED) is 0.850. The molecule has 1 aromatic rings. The Bertz CT molecular complexity index is 375. The Morgan fingerprint density at radius 2 is 1.76 bits per heavy atom. The van der Waals surface area contributed by atoms with E-state index < -0.39 is 0 Å². The Balaban J connectivity index is 1.62. The van der Waals surface area contributed by atoms with Crippen molar-refractivity contribution in [3.05, 3.63) is 12.2 Å². The van der Waals surface area contributed by atoms with Gasteiger partial charge in [0.25, 0.3) is 0 Å². The summed E-state index contributed by atoms with van der Waals surface area (Å²) in [5.74, 6) is 4.93. The molecule has 4 saturated carbocycles. The van der Waals surface area contributed by atoms with E-state index in [0.717, 1.165) is 23.7 Å². The van der Waals surface area contributed by atoms with Gasteiger partial charge in [-0.2, -0.15) is 4.98 Å². The number of nitrogens with two attached hydrogens (primary N) is 1. The van der Waals surface area contributed by atoms with Crippen LogP contribution < -0.4 is 5.73 Å². The molecule has 4 aliphatic carbocycles. The van der Waals surface area contributed by atoms with Crippen molar-refractivity contribution in [3.63, 3.8) is 0 Å². The van der Waals surface area contributed by atoms with Gasteiger partial charge in [0, 0.05) is 0 Å². The number of nitrogens with zero attached hydrogens (tertiary/aromatic N) is 2. The summed E-state index contributed by atoms with van der Waals surface area (Å²) in [4.78, 5) is 4.15. The average Bonchev–Trinajstić information content (AvgIpc) is 2.80. The molecule has 5 rings (SSSR count). The van der Waals surface area contributed by atoms with Crippen molar-refractivity contribution in [2.24, 2.45) is 35.3 Å². The van der Waals surface area contributed by atoms with E-state index in [1.54, 1.807) is 0 Å². The number of hydrogen-bond donors (Lipinski definition) is 1. The van der Waals surface area contributed by atoms with Crippen molar-refractivity contribution in [1.29, 1.82) is 0 Å². The molecule has 4 aliphatic rings. The van der Waals surface area contributed by atoms with E-state index in [1.807, 2.05) is 0 Å². The summed E-state index contributed by atoms with van der Waals surface area (Å²) >= 11 is 0. The van der Waals surface area contributed by atoms with E-state index in [-0.39, 0.29) is 6.04 Å². The van der Waals surface area contributed by atoms with Crippen LogP contribution in [0.4, 0.5) is 0 Å². The highest BCUT2D eigenvalue weighted by molar-refractivity contribution is 5.05. The number of rotatable bonds is 2. The molecule has 92 valence electrons. The Labute approximate surface area is 101 Å². The lowest BCUT2D eigenvalue weighted by Gasteiger charge is -2.55. The summed E-state index contributed by atoms with van der Waals surface area (Å²) in [5, 5.41) is 3.94. The maximum Gasteiger partial charge on any atom is 0.213 e. The van der Waals surface area contributed by atoms with Crippen molar-refractivity contribution in [1.82, 2.24) is 10.1 Å². The summed E-state index contributed by atoms with van der Waals surface area (Å²) in [5.41, 5.74) is 6.38. The molecule has 0 amide bonds. The first-order chi connectivity index (χ1) is 8.31. The minimum atomic E-state index is -0.0104. The van der Waals surface area contributed by atoms with E-state index in [2.05, 4.69) is 10.1 Å². The Kier molecular flexibility index (Phi) is 2.10. The molecular weight excluding hydrogens is 214 g/mol. The second kappa shape index (κ2) is 3.55. The van der Waals surface area contributed by atoms with Gasteiger partial charge in [0.05, 0.1) is 6.04 Å². The fourth-order valence-corrected chi connectivity index (χ4v) is 5.05. The zero-order valence-corrected chi connectivity index (χ0v) is 9.96. The molecule has 17 heavy (non-hydrogen) atoms. The fraction of sp³-hybridized carbons (Fsp3) is 0.846. The molecule has 2 N–H and O–H groups in total. The van der Waals surface area contributed by atoms with Crippen LogP contribution in [0.25, 0.3) is 0 Å². The van der Waals surface area contributed by atoms with Gasteiger partial charge in [0.1, 0.15) is 0 Å². The van der Waals surface area contributed by atoms with Crippen LogP contribution >= 0.6 is 0 Å². The first kappa shape index (κ1) is 10.1. The van der Waals surface area contributed by atoms with Gasteiger partial charge < -0.3 is 10.3 Å². The van der Waals surface area contributed by atoms with Crippen LogP contribution in [-0.2, 0) is 0 Å². The number of aromatic nitrogens is 2. The van der Waals surface area contributed by atoms with Gasteiger partial charge in [-0.15, -0.1) is 0 Å². The van der Waals surface area contributed by atoms with Gasteiger partial charge in [-0.1, -0.05) is 5.16 Å². The summed E-state index contributed by atoms with van der Waals surface area (Å²) in [6.45, 7) is 0. The Morgan fingerprint density at radius 3 is 2.29 bits per heavy atom. The molecule has 4 heteroatoms. The standard InChI is InChI=1S/C13H19N3O/c14-12(13-15-6-17-16-13)11-9-2-7-1-8(4-9)5-10(11)3-7/h6-12H,1-5,14H2. The van der Waals surface area contributed by atoms with Crippen LogP contribution in [0.15, 0.2) is 10.9 Å². The monoisotopic (exact) mass is 233 g/mol. The lowest BCUT2D eigenvalue weighted by molar-refractivity contribution is -0.0484. The maximum absolute atomic E-state index is 6.38. The van der Waals surface area contributed by atoms with Crippen LogP contribution in [0.1, 0.15) is 44.0 Å². The van der Waals surface area contributed by atoms with E-state index >= 15 is 0 Å². The van der Waals surface area contributed by atoms with Gasteiger partial charge in [0.2, 0.25) is 6.39 Å². The summed E-state index contributed by atoms with van der Waals surface area (Å²) in [7, 11) is 0. The molecule has 4 fully saturated rings. The fourth-order valence-electron chi connectivity index (χ4n) is 5.05. The molecule has 0 spiro atoms. The van der Waals surface area contributed by atoms with Crippen molar-refractivity contribution in [3.8, 4) is 0 Å². The molecular formula is C13H19N3O. The van der Waals surface area contributed by atoms with Crippen LogP contribution in [0.5, 0.6) is 0 Å². The third kappa shape index (κ3) is 1.46. The van der Waals surface area contributed by atoms with Crippen molar-refractivity contribution >= 4 is 0 Å². The lowest BCUT2D eigenvalue weighted by atomic mass is 9.50. The molecule has 4 nitrogen and oxygen atoms in total. The van der Waals surface area contributed by atoms with Crippen molar-refractivity contribution in [2.45, 2.75) is 38.1 Å². The predicted octanol–water partition coefficient (Wildman–Crippen LogP) is 2.14. The van der Waals surface area contributed by atoms with Gasteiger partial charge in [-0.25, -0.2) is 0 Å². The zero-order chi connectivity index (χ0) is 11.4. The third-order valence-electron chi connectivity index (χ3n) is 5.39. The molecule has 1 aromatic heterocycles. The van der Waals surface area contributed by atoms with Crippen molar-refractivity contribution in [2.75, 3.05) is 0 Å². The summed E-state index contributed by atoms with van der Waals surface area (Å²) < 4.78 is 4.84. The van der Waals surface area contributed by atoms with Gasteiger partial charge in [-0.05, 0) is 61.7 Å². The average molecular weight is 233 g/mol. The molecule has 1 heterocycles. The predicted molar refractivity (Wildman–Crippen MR) is 61.8 cm³/mol. The largest absolute Gasteiger partial charge is 0.343 e. The molecule has 0 aromatic carbocycles. The van der Waals surface area contributed by atoms with E-state index in [0.29, 0.717) is 11.7 Å². The van der Waals surface area contributed by atoms with E-state index in [9.17, 15) is 0 Å². The highest BCUT2D eigenvalue weighted by Gasteiger charge is 2.50. The number of hydrogen-bond acceptors (Lipinski definition) is 4. The first-order valence-electron chi connectivity index (χ1n) is 6.83. The van der Waals surface area contributed by atoms with Gasteiger partial charge in [0.15, 0.2) is 5.82 Å². The maximum atomic E-state index is 6.38. The minimum absolute atomic E-state index is 0.0104. The first-order valence-corrected chi connectivity index (χ1v) is 6.83. The van der Waals surface area contributed by atoms with Gasteiger partial charge >= 0.3 is 0 Å². The molecule has 1 unspecified atom stereocenters. The van der Waals surface area contributed by atoms with E-state index in [1.165, 1.54) is 38.5 Å². The van der Waals surface area contributed by atoms with Gasteiger partial charge in [-0.3, -0.25) is 0 Å². The smallest absolute Gasteiger partial charge is 0.213 e. The van der Waals surface area contributed by atoms with Crippen LogP contribution in [0.2, 0.25) is 0 Å². The Morgan fingerprint density at radius 1 is 1.12 bits per heavy atom. The highest BCUT2D eigenvalue weighted by Crippen LogP contribution is 2.58. The zero-order valence-electron chi connectivity index (χ0n) is 9.96. The van der Waals surface area contributed by atoms with Crippen LogP contribution in [-0.4, -0.2) is 10.1 Å². The minimum Gasteiger partial charge on any atom is -0.343 e. The normalized spacial score (nSPS) is 45.1. The summed E-state index contributed by atoms with van der Waals surface area (Å²) in [6, 6.07) is -0.0104. The topological polar surface area (TPSA) is 64.9 Å². The van der Waals surface area contributed by atoms with E-state index in [4.69, 9.17) is 10.3 Å². The second-order valence-corrected chi connectivity index (χ2v) is 6.32. The molecule has 1 atom stereocenters. The molecule has 0 radical (unpaired) electrons. The highest BCUT2D eigenvalue weighted by atomic mass is 16.5. The second-order valence-electron chi connectivity index (χ2n) is 6.32. The lowest BCUT2D eigenvalue weighted by Crippen LogP contribution is -2.48.